The van der Waals surface area contributed by atoms with Gasteiger partial charge in [-0.25, -0.2) is 13.1 Å². The summed E-state index contributed by atoms with van der Waals surface area (Å²) in [5.74, 6) is -0.492. The van der Waals surface area contributed by atoms with Gasteiger partial charge in [0, 0.05) is 6.54 Å². The molecule has 0 saturated carbocycles. The minimum absolute atomic E-state index is 0.0730. The first-order valence-electron chi connectivity index (χ1n) is 3.83. The highest BCUT2D eigenvalue weighted by molar-refractivity contribution is 7.89. The molecule has 0 spiro atoms. The third-order valence-corrected chi connectivity index (χ3v) is 2.76. The normalized spacial score (nSPS) is 13.8. The second-order valence-electron chi connectivity index (χ2n) is 2.60. The summed E-state index contributed by atoms with van der Waals surface area (Å²) in [7, 11) is -1.92. The van der Waals surface area contributed by atoms with Gasteiger partial charge in [0.1, 0.15) is 0 Å². The van der Waals surface area contributed by atoms with Crippen molar-refractivity contribution >= 4 is 15.9 Å². The van der Waals surface area contributed by atoms with E-state index < -0.39 is 16.1 Å². The lowest BCUT2D eigenvalue weighted by atomic mass is 10.3. The third kappa shape index (κ3) is 5.56. The third-order valence-electron chi connectivity index (χ3n) is 1.39. The van der Waals surface area contributed by atoms with Crippen LogP contribution in [0.4, 0.5) is 0 Å². The number of amides is 1. The average molecular weight is 209 g/mol. The molecule has 0 aliphatic heterocycles. The Morgan fingerprint density at radius 2 is 2.08 bits per heavy atom. The molecule has 4 N–H and O–H groups in total. The second kappa shape index (κ2) is 5.15. The highest BCUT2D eigenvalue weighted by atomic mass is 32.2. The van der Waals surface area contributed by atoms with Crippen molar-refractivity contribution in [3.05, 3.63) is 0 Å². The minimum Gasteiger partial charge on any atom is -0.354 e. The summed E-state index contributed by atoms with van der Waals surface area (Å²) in [5, 5.41) is 2.39. The maximum absolute atomic E-state index is 10.9. The number of carbonyl (C=O) groups excluding carboxylic acids is 1. The van der Waals surface area contributed by atoms with Gasteiger partial charge in [-0.3, -0.25) is 4.79 Å². The number of carbonyl (C=O) groups is 1. The smallest absolute Gasteiger partial charge is 0.236 e. The molecule has 6 nitrogen and oxygen atoms in total. The van der Waals surface area contributed by atoms with Crippen molar-refractivity contribution in [1.82, 2.24) is 10.0 Å². The summed E-state index contributed by atoms with van der Waals surface area (Å²) in [6.07, 6.45) is 0. The molecule has 13 heavy (non-hydrogen) atoms. The maximum Gasteiger partial charge on any atom is 0.236 e. The number of nitrogens with one attached hydrogen (secondary N) is 2. The number of nitrogens with two attached hydrogens (primary N) is 1. The van der Waals surface area contributed by atoms with Crippen molar-refractivity contribution in [2.75, 3.05) is 19.3 Å². The first-order valence-corrected chi connectivity index (χ1v) is 5.49. The van der Waals surface area contributed by atoms with Crippen molar-refractivity contribution in [2.45, 2.75) is 13.0 Å². The molecule has 0 aliphatic carbocycles. The number of hydrogen-bond acceptors (Lipinski definition) is 4. The standard InChI is InChI=1S/C6H15N3O3S/c1-5(7)6(10)9-3-4-13(11,12)8-2/h5,8H,3-4,7H2,1-2H3,(H,9,10)/t5-/m0/s1. The molecule has 0 aromatic carbocycles. The minimum atomic E-state index is -3.25. The van der Waals surface area contributed by atoms with E-state index in [-0.39, 0.29) is 18.2 Å². The summed E-state index contributed by atoms with van der Waals surface area (Å²) in [4.78, 5) is 10.9. The molecule has 7 heteroatoms. The Balaban J connectivity index is 3.76. The Hall–Kier alpha value is -0.660. The van der Waals surface area contributed by atoms with Crippen molar-refractivity contribution in [2.24, 2.45) is 5.73 Å². The van der Waals surface area contributed by atoms with E-state index in [1.54, 1.807) is 0 Å². The molecule has 0 unspecified atom stereocenters. The fraction of sp³-hybridized carbons (Fsp3) is 0.833. The van der Waals surface area contributed by atoms with Crippen LogP contribution >= 0.6 is 0 Å². The van der Waals surface area contributed by atoms with Crippen LogP contribution in [0.3, 0.4) is 0 Å². The Bertz CT molecular complexity index is 260. The molecule has 0 aliphatic rings. The van der Waals surface area contributed by atoms with Crippen LogP contribution in [-0.4, -0.2) is 39.7 Å². The first-order chi connectivity index (χ1) is 5.89. The number of hydrogen-bond donors (Lipinski definition) is 3. The Labute approximate surface area is 77.9 Å². The van der Waals surface area contributed by atoms with Crippen LogP contribution in [0.2, 0.25) is 0 Å². The second-order valence-corrected chi connectivity index (χ2v) is 4.65. The van der Waals surface area contributed by atoms with Crippen molar-refractivity contribution in [1.29, 1.82) is 0 Å². The van der Waals surface area contributed by atoms with Crippen LogP contribution in [0.15, 0.2) is 0 Å². The molecule has 1 atom stereocenters. The molecule has 0 bridgehead atoms. The van der Waals surface area contributed by atoms with Crippen LogP contribution < -0.4 is 15.8 Å². The van der Waals surface area contributed by atoms with E-state index in [2.05, 4.69) is 10.0 Å². The zero-order chi connectivity index (χ0) is 10.5. The van der Waals surface area contributed by atoms with Crippen molar-refractivity contribution < 1.29 is 13.2 Å². The quantitative estimate of drug-likeness (QED) is 0.487. The summed E-state index contributed by atoms with van der Waals surface area (Å²) in [6.45, 7) is 1.60. The fourth-order valence-corrected chi connectivity index (χ4v) is 1.15. The highest BCUT2D eigenvalue weighted by Crippen LogP contribution is 1.80. The van der Waals surface area contributed by atoms with Gasteiger partial charge in [-0.1, -0.05) is 0 Å². The van der Waals surface area contributed by atoms with Crippen LogP contribution in [0.5, 0.6) is 0 Å². The van der Waals surface area contributed by atoms with E-state index in [1.165, 1.54) is 14.0 Å². The van der Waals surface area contributed by atoms with E-state index in [1.807, 2.05) is 0 Å². The first kappa shape index (κ1) is 12.3. The van der Waals surface area contributed by atoms with E-state index in [0.29, 0.717) is 0 Å². The Morgan fingerprint density at radius 1 is 1.54 bits per heavy atom. The Morgan fingerprint density at radius 3 is 2.46 bits per heavy atom. The van der Waals surface area contributed by atoms with E-state index in [9.17, 15) is 13.2 Å². The monoisotopic (exact) mass is 209 g/mol. The zero-order valence-electron chi connectivity index (χ0n) is 7.70. The topological polar surface area (TPSA) is 101 Å². The van der Waals surface area contributed by atoms with Gasteiger partial charge in [-0.15, -0.1) is 0 Å². The largest absolute Gasteiger partial charge is 0.354 e. The van der Waals surface area contributed by atoms with Gasteiger partial charge in [0.25, 0.3) is 0 Å². The lowest BCUT2D eigenvalue weighted by Crippen LogP contribution is -2.41. The van der Waals surface area contributed by atoms with Crippen LogP contribution in [0, 0.1) is 0 Å². The summed E-state index contributed by atoms with van der Waals surface area (Å²) < 4.78 is 23.8. The summed E-state index contributed by atoms with van der Waals surface area (Å²) in [5.41, 5.74) is 5.24. The van der Waals surface area contributed by atoms with Gasteiger partial charge in [0.15, 0.2) is 0 Å². The molecular weight excluding hydrogens is 194 g/mol. The van der Waals surface area contributed by atoms with Crippen molar-refractivity contribution in [3.63, 3.8) is 0 Å². The van der Waals surface area contributed by atoms with Crippen LogP contribution in [0.1, 0.15) is 6.92 Å². The molecule has 0 radical (unpaired) electrons. The molecule has 0 rings (SSSR count). The van der Waals surface area contributed by atoms with Crippen LogP contribution in [0.25, 0.3) is 0 Å². The van der Waals surface area contributed by atoms with E-state index in [0.717, 1.165) is 0 Å². The predicted octanol–water partition coefficient (Wildman–Crippen LogP) is -2.00. The molecule has 0 heterocycles. The highest BCUT2D eigenvalue weighted by Gasteiger charge is 2.09. The molecule has 1 amide bonds. The maximum atomic E-state index is 10.9. The van der Waals surface area contributed by atoms with Gasteiger partial charge >= 0.3 is 0 Å². The molecule has 0 aromatic heterocycles. The van der Waals surface area contributed by atoms with Gasteiger partial charge in [-0.2, -0.15) is 0 Å². The number of rotatable bonds is 5. The van der Waals surface area contributed by atoms with E-state index in [4.69, 9.17) is 5.73 Å². The molecule has 0 saturated heterocycles. The van der Waals surface area contributed by atoms with E-state index >= 15 is 0 Å². The fourth-order valence-electron chi connectivity index (χ4n) is 0.572. The molecule has 0 aromatic rings. The SMILES string of the molecule is CNS(=O)(=O)CCNC(=O)[C@H](C)N. The molecule has 78 valence electrons. The lowest BCUT2D eigenvalue weighted by Gasteiger charge is -2.07. The number of sulfonamides is 1. The average Bonchev–Trinajstić information content (AvgIpc) is 2.04. The Kier molecular flexibility index (Phi) is 4.89. The molecule has 0 fully saturated rings. The predicted molar refractivity (Wildman–Crippen MR) is 49.5 cm³/mol. The molecular formula is C6H15N3O3S. The summed E-state index contributed by atoms with van der Waals surface area (Å²) >= 11 is 0. The van der Waals surface area contributed by atoms with Gasteiger partial charge in [0.05, 0.1) is 11.8 Å². The van der Waals surface area contributed by atoms with Crippen LogP contribution in [-0.2, 0) is 14.8 Å². The zero-order valence-corrected chi connectivity index (χ0v) is 8.52. The van der Waals surface area contributed by atoms with Gasteiger partial charge in [0.2, 0.25) is 15.9 Å². The summed E-state index contributed by atoms with van der Waals surface area (Å²) in [6, 6.07) is -0.614. The van der Waals surface area contributed by atoms with Gasteiger partial charge < -0.3 is 11.1 Å². The lowest BCUT2D eigenvalue weighted by molar-refractivity contribution is -0.121. The van der Waals surface area contributed by atoms with Gasteiger partial charge in [-0.05, 0) is 14.0 Å². The van der Waals surface area contributed by atoms with Crippen molar-refractivity contribution in [3.8, 4) is 0 Å².